The minimum atomic E-state index is -0.455. The third-order valence-electron chi connectivity index (χ3n) is 4.38. The quantitative estimate of drug-likeness (QED) is 0.200. The third kappa shape index (κ3) is 5.67. The number of nitriles is 1. The summed E-state index contributed by atoms with van der Waals surface area (Å²) < 4.78 is 25.0. The lowest BCUT2D eigenvalue weighted by molar-refractivity contribution is -0.384. The van der Waals surface area contributed by atoms with Gasteiger partial charge in [-0.05, 0) is 66.1 Å². The Morgan fingerprint density at radius 1 is 1.10 bits per heavy atom. The molecular formula is C24H19FN2O4. The van der Waals surface area contributed by atoms with Crippen LogP contribution in [0.4, 0.5) is 10.1 Å². The van der Waals surface area contributed by atoms with Gasteiger partial charge in [0.05, 0.1) is 23.2 Å². The second kappa shape index (κ2) is 10.0. The molecule has 3 aromatic carbocycles. The van der Waals surface area contributed by atoms with E-state index in [1.807, 2.05) is 6.92 Å². The number of hydrogen-bond donors (Lipinski definition) is 0. The van der Waals surface area contributed by atoms with Gasteiger partial charge in [-0.3, -0.25) is 10.1 Å². The fourth-order valence-corrected chi connectivity index (χ4v) is 2.88. The molecule has 0 aromatic heterocycles. The van der Waals surface area contributed by atoms with Crippen molar-refractivity contribution in [3.05, 3.63) is 99.4 Å². The molecule has 0 amide bonds. The monoisotopic (exact) mass is 418 g/mol. The lowest BCUT2D eigenvalue weighted by atomic mass is 10.0. The average Bonchev–Trinajstić information content (AvgIpc) is 2.77. The molecule has 0 unspecified atom stereocenters. The van der Waals surface area contributed by atoms with Crippen molar-refractivity contribution in [2.75, 3.05) is 6.61 Å². The molecule has 7 heteroatoms. The number of halogens is 1. The highest BCUT2D eigenvalue weighted by Gasteiger charge is 2.09. The summed E-state index contributed by atoms with van der Waals surface area (Å²) in [5.41, 5.74) is 2.30. The van der Waals surface area contributed by atoms with E-state index < -0.39 is 10.7 Å². The van der Waals surface area contributed by atoms with Crippen LogP contribution in [0.2, 0.25) is 0 Å². The highest BCUT2D eigenvalue weighted by atomic mass is 19.1. The molecular weight excluding hydrogens is 399 g/mol. The standard InChI is InChI=1S/C24H19FN2O4/c1-2-30-24-13-18(12-20(15-26)19-4-3-5-21(25)14-19)8-11-23(24)31-16-17-6-9-22(10-7-17)27(28)29/h3-14H,2,16H2,1H3/b20-12+. The molecule has 0 saturated heterocycles. The third-order valence-corrected chi connectivity index (χ3v) is 4.38. The van der Waals surface area contributed by atoms with Crippen LogP contribution in [-0.2, 0) is 6.61 Å². The molecule has 0 bridgehead atoms. The van der Waals surface area contributed by atoms with E-state index in [0.717, 1.165) is 5.56 Å². The van der Waals surface area contributed by atoms with E-state index in [1.165, 1.54) is 24.3 Å². The Bertz CT molecular complexity index is 1150. The summed E-state index contributed by atoms with van der Waals surface area (Å²) in [6.07, 6.45) is 1.65. The summed E-state index contributed by atoms with van der Waals surface area (Å²) >= 11 is 0. The zero-order valence-electron chi connectivity index (χ0n) is 16.7. The van der Waals surface area contributed by atoms with Crippen molar-refractivity contribution >= 4 is 17.3 Å². The van der Waals surface area contributed by atoms with E-state index in [-0.39, 0.29) is 12.3 Å². The molecule has 31 heavy (non-hydrogen) atoms. The predicted molar refractivity (Wildman–Crippen MR) is 115 cm³/mol. The van der Waals surface area contributed by atoms with Crippen molar-refractivity contribution in [3.63, 3.8) is 0 Å². The van der Waals surface area contributed by atoms with Gasteiger partial charge in [0.15, 0.2) is 11.5 Å². The highest BCUT2D eigenvalue weighted by molar-refractivity contribution is 5.89. The molecule has 0 saturated carbocycles. The fourth-order valence-electron chi connectivity index (χ4n) is 2.88. The first-order valence-corrected chi connectivity index (χ1v) is 9.51. The summed E-state index contributed by atoms with van der Waals surface area (Å²) in [6, 6.07) is 19.3. The Labute approximate surface area is 178 Å². The van der Waals surface area contributed by atoms with E-state index in [4.69, 9.17) is 9.47 Å². The maximum absolute atomic E-state index is 13.5. The van der Waals surface area contributed by atoms with Crippen LogP contribution in [0, 0.1) is 27.3 Å². The number of ether oxygens (including phenoxy) is 2. The van der Waals surface area contributed by atoms with E-state index in [1.54, 1.807) is 48.5 Å². The molecule has 0 aliphatic heterocycles. The number of allylic oxidation sites excluding steroid dienone is 1. The molecule has 0 N–H and O–H groups in total. The molecule has 0 aliphatic rings. The van der Waals surface area contributed by atoms with Gasteiger partial charge in [0.2, 0.25) is 0 Å². The highest BCUT2D eigenvalue weighted by Crippen LogP contribution is 2.31. The second-order valence-corrected chi connectivity index (χ2v) is 6.53. The summed E-state index contributed by atoms with van der Waals surface area (Å²) in [4.78, 5) is 10.3. The Kier molecular flexibility index (Phi) is 6.97. The van der Waals surface area contributed by atoms with Crippen LogP contribution in [0.25, 0.3) is 11.6 Å². The predicted octanol–water partition coefficient (Wildman–Crippen LogP) is 5.78. The smallest absolute Gasteiger partial charge is 0.269 e. The Morgan fingerprint density at radius 3 is 2.52 bits per heavy atom. The SMILES string of the molecule is CCOc1cc(/C=C(\C#N)c2cccc(F)c2)ccc1OCc1ccc([N+](=O)[O-])cc1. The lowest BCUT2D eigenvalue weighted by Gasteiger charge is -2.13. The first-order valence-electron chi connectivity index (χ1n) is 9.51. The number of nitro benzene ring substituents is 1. The molecule has 0 heterocycles. The normalized spacial score (nSPS) is 10.9. The molecule has 156 valence electrons. The summed E-state index contributed by atoms with van der Waals surface area (Å²) in [7, 11) is 0. The summed E-state index contributed by atoms with van der Waals surface area (Å²) in [5, 5.41) is 20.2. The number of benzene rings is 3. The fraction of sp³-hybridized carbons (Fsp3) is 0.125. The van der Waals surface area contributed by atoms with Gasteiger partial charge in [0.1, 0.15) is 12.4 Å². The number of nitrogens with zero attached hydrogens (tertiary/aromatic N) is 2. The number of nitro groups is 1. The van der Waals surface area contributed by atoms with Gasteiger partial charge in [-0.1, -0.05) is 18.2 Å². The second-order valence-electron chi connectivity index (χ2n) is 6.53. The maximum atomic E-state index is 13.5. The Hall–Kier alpha value is -4.18. The molecule has 0 spiro atoms. The summed E-state index contributed by atoms with van der Waals surface area (Å²) in [5.74, 6) is 0.583. The molecule has 0 atom stereocenters. The molecule has 3 aromatic rings. The largest absolute Gasteiger partial charge is 0.490 e. The number of non-ortho nitro benzene ring substituents is 1. The summed E-state index contributed by atoms with van der Waals surface area (Å²) in [6.45, 7) is 2.46. The van der Waals surface area contributed by atoms with Crippen molar-refractivity contribution in [2.45, 2.75) is 13.5 Å². The topological polar surface area (TPSA) is 85.4 Å². The van der Waals surface area contributed by atoms with Crippen LogP contribution in [0.1, 0.15) is 23.6 Å². The van der Waals surface area contributed by atoms with Gasteiger partial charge in [0, 0.05) is 12.1 Å². The van der Waals surface area contributed by atoms with E-state index >= 15 is 0 Å². The van der Waals surface area contributed by atoms with Gasteiger partial charge >= 0.3 is 0 Å². The maximum Gasteiger partial charge on any atom is 0.269 e. The first kappa shape index (κ1) is 21.5. The van der Waals surface area contributed by atoms with Crippen LogP contribution in [0.15, 0.2) is 66.7 Å². The Balaban J connectivity index is 1.81. The van der Waals surface area contributed by atoms with Crippen LogP contribution in [0.5, 0.6) is 11.5 Å². The molecule has 0 fully saturated rings. The number of rotatable bonds is 8. The first-order chi connectivity index (χ1) is 15.0. The molecule has 3 rings (SSSR count). The molecule has 0 radical (unpaired) electrons. The average molecular weight is 418 g/mol. The van der Waals surface area contributed by atoms with Gasteiger partial charge in [-0.15, -0.1) is 0 Å². The minimum absolute atomic E-state index is 0.0153. The van der Waals surface area contributed by atoms with Crippen molar-refractivity contribution < 1.29 is 18.8 Å². The zero-order valence-corrected chi connectivity index (χ0v) is 16.7. The van der Waals surface area contributed by atoms with Crippen molar-refractivity contribution in [3.8, 4) is 17.6 Å². The van der Waals surface area contributed by atoms with Gasteiger partial charge in [-0.2, -0.15) is 5.26 Å². The number of hydrogen-bond acceptors (Lipinski definition) is 5. The van der Waals surface area contributed by atoms with Gasteiger partial charge < -0.3 is 9.47 Å². The Morgan fingerprint density at radius 2 is 1.87 bits per heavy atom. The van der Waals surface area contributed by atoms with Crippen LogP contribution in [-0.4, -0.2) is 11.5 Å². The zero-order chi connectivity index (χ0) is 22.2. The molecule has 0 aliphatic carbocycles. The van der Waals surface area contributed by atoms with Crippen LogP contribution < -0.4 is 9.47 Å². The van der Waals surface area contributed by atoms with E-state index in [0.29, 0.717) is 34.8 Å². The van der Waals surface area contributed by atoms with E-state index in [2.05, 4.69) is 6.07 Å². The van der Waals surface area contributed by atoms with Crippen LogP contribution >= 0.6 is 0 Å². The van der Waals surface area contributed by atoms with E-state index in [9.17, 15) is 19.8 Å². The van der Waals surface area contributed by atoms with Gasteiger partial charge in [-0.25, -0.2) is 4.39 Å². The van der Waals surface area contributed by atoms with Crippen LogP contribution in [0.3, 0.4) is 0 Å². The van der Waals surface area contributed by atoms with Crippen molar-refractivity contribution in [2.24, 2.45) is 0 Å². The lowest BCUT2D eigenvalue weighted by Crippen LogP contribution is -2.00. The van der Waals surface area contributed by atoms with Gasteiger partial charge in [0.25, 0.3) is 5.69 Å². The minimum Gasteiger partial charge on any atom is -0.490 e. The van der Waals surface area contributed by atoms with Crippen molar-refractivity contribution in [1.29, 1.82) is 5.26 Å². The van der Waals surface area contributed by atoms with Crippen molar-refractivity contribution in [1.82, 2.24) is 0 Å². The molecule has 6 nitrogen and oxygen atoms in total.